The van der Waals surface area contributed by atoms with Gasteiger partial charge in [0.15, 0.2) is 0 Å². The summed E-state index contributed by atoms with van der Waals surface area (Å²) in [5, 5.41) is 16.9. The van der Waals surface area contributed by atoms with Crippen LogP contribution in [0.25, 0.3) is 0 Å². The van der Waals surface area contributed by atoms with E-state index in [9.17, 15) is 4.79 Å². The molecule has 1 fully saturated rings. The van der Waals surface area contributed by atoms with Crippen molar-refractivity contribution >= 4 is 29.4 Å². The van der Waals surface area contributed by atoms with Gasteiger partial charge in [0.05, 0.1) is 31.1 Å². The minimum Gasteiger partial charge on any atom is -0.379 e. The Morgan fingerprint density at radius 2 is 1.97 bits per heavy atom. The first-order valence-electron chi connectivity index (χ1n) is 11.2. The second-order valence-corrected chi connectivity index (χ2v) is 8.09. The van der Waals surface area contributed by atoms with Crippen LogP contribution in [0.3, 0.4) is 0 Å². The maximum absolute atomic E-state index is 12.9. The van der Waals surface area contributed by atoms with E-state index < -0.39 is 0 Å². The quantitative estimate of drug-likeness (QED) is 0.382. The van der Waals surface area contributed by atoms with E-state index in [0.29, 0.717) is 36.8 Å². The number of nitrogens with zero attached hydrogens (tertiary/aromatic N) is 3. The van der Waals surface area contributed by atoms with Gasteiger partial charge in [-0.2, -0.15) is 0 Å². The van der Waals surface area contributed by atoms with E-state index in [2.05, 4.69) is 30.8 Å². The number of carbonyl (C=O) groups excluding carboxylic acids is 1. The maximum Gasteiger partial charge on any atom is 0.320 e. The number of hydrogen-bond donors (Lipinski definition) is 4. The van der Waals surface area contributed by atoms with E-state index >= 15 is 0 Å². The van der Waals surface area contributed by atoms with Gasteiger partial charge < -0.3 is 20.8 Å². The van der Waals surface area contributed by atoms with Gasteiger partial charge in [-0.3, -0.25) is 15.2 Å². The minimum absolute atomic E-state index is 0.183. The number of aromatic nitrogens is 2. The highest BCUT2D eigenvalue weighted by Crippen LogP contribution is 2.22. The lowest BCUT2D eigenvalue weighted by atomic mass is 10.1. The first kappa shape index (κ1) is 23.3. The molecule has 34 heavy (non-hydrogen) atoms. The Bertz CT molecular complexity index is 1120. The van der Waals surface area contributed by atoms with Crippen molar-refractivity contribution in [1.82, 2.24) is 20.2 Å². The number of morpholine rings is 1. The molecule has 0 aliphatic carbocycles. The fraction of sp³-hybridized carbons (Fsp3) is 0.280. The summed E-state index contributed by atoms with van der Waals surface area (Å²) in [4.78, 5) is 23.7. The van der Waals surface area contributed by atoms with Crippen LogP contribution in [0.2, 0.25) is 0 Å². The van der Waals surface area contributed by atoms with Crippen molar-refractivity contribution in [2.75, 3.05) is 43.5 Å². The van der Waals surface area contributed by atoms with Gasteiger partial charge in [0.1, 0.15) is 5.82 Å². The molecule has 1 atom stereocenters. The van der Waals surface area contributed by atoms with E-state index in [1.165, 1.54) is 6.21 Å². The summed E-state index contributed by atoms with van der Waals surface area (Å²) in [5.41, 5.74) is 4.04. The molecule has 0 spiro atoms. The molecule has 0 unspecified atom stereocenters. The molecular weight excluding hydrogens is 430 g/mol. The Morgan fingerprint density at radius 3 is 2.71 bits per heavy atom. The Hall–Kier alpha value is -3.82. The highest BCUT2D eigenvalue weighted by atomic mass is 16.5. The monoisotopic (exact) mass is 459 g/mol. The first-order chi connectivity index (χ1) is 16.6. The largest absolute Gasteiger partial charge is 0.379 e. The van der Waals surface area contributed by atoms with E-state index in [-0.39, 0.29) is 12.1 Å². The van der Waals surface area contributed by atoms with Crippen molar-refractivity contribution in [3.05, 3.63) is 77.7 Å². The molecule has 9 nitrogen and oxygen atoms in total. The summed E-state index contributed by atoms with van der Waals surface area (Å²) >= 11 is 0. The van der Waals surface area contributed by atoms with Crippen molar-refractivity contribution in [2.45, 2.75) is 13.0 Å². The van der Waals surface area contributed by atoms with Gasteiger partial charge in [-0.05, 0) is 30.7 Å². The third-order valence-electron chi connectivity index (χ3n) is 5.56. The second-order valence-electron chi connectivity index (χ2n) is 8.09. The first-order valence-corrected chi connectivity index (χ1v) is 11.2. The Kier molecular flexibility index (Phi) is 7.79. The molecule has 176 valence electrons. The van der Waals surface area contributed by atoms with Crippen LogP contribution >= 0.6 is 0 Å². The average molecular weight is 460 g/mol. The molecule has 2 amide bonds. The number of ether oxygens (including phenoxy) is 1. The summed E-state index contributed by atoms with van der Waals surface area (Å²) < 4.78 is 5.45. The van der Waals surface area contributed by atoms with Gasteiger partial charge in [0.25, 0.3) is 0 Å². The summed E-state index contributed by atoms with van der Waals surface area (Å²) in [7, 11) is 0. The van der Waals surface area contributed by atoms with Crippen LogP contribution in [-0.4, -0.2) is 60.0 Å². The van der Waals surface area contributed by atoms with E-state index in [0.717, 1.165) is 30.0 Å². The van der Waals surface area contributed by atoms with Gasteiger partial charge in [-0.1, -0.05) is 30.3 Å². The van der Waals surface area contributed by atoms with Crippen molar-refractivity contribution in [3.8, 4) is 0 Å². The fourth-order valence-corrected chi connectivity index (χ4v) is 3.81. The zero-order chi connectivity index (χ0) is 23.8. The van der Waals surface area contributed by atoms with Gasteiger partial charge in [0, 0.05) is 49.0 Å². The highest BCUT2D eigenvalue weighted by molar-refractivity contribution is 5.92. The molecule has 3 heterocycles. The third kappa shape index (κ3) is 6.37. The number of nitrogens with one attached hydrogen (secondary N) is 4. The Morgan fingerprint density at radius 1 is 1.18 bits per heavy atom. The number of benzene rings is 1. The number of pyridine rings is 2. The predicted octanol–water partition coefficient (Wildman–Crippen LogP) is 3.72. The van der Waals surface area contributed by atoms with Crippen molar-refractivity contribution in [3.63, 3.8) is 0 Å². The Labute approximate surface area is 199 Å². The van der Waals surface area contributed by atoms with E-state index in [4.69, 9.17) is 10.1 Å². The maximum atomic E-state index is 12.9. The molecule has 4 N–H and O–H groups in total. The molecule has 0 saturated carbocycles. The second kappa shape index (κ2) is 11.4. The summed E-state index contributed by atoms with van der Waals surface area (Å²) in [6.07, 6.45) is 4.55. The van der Waals surface area contributed by atoms with Crippen molar-refractivity contribution in [2.24, 2.45) is 0 Å². The van der Waals surface area contributed by atoms with Crippen molar-refractivity contribution < 1.29 is 9.53 Å². The number of amides is 2. The van der Waals surface area contributed by atoms with Crippen LogP contribution in [0.1, 0.15) is 22.9 Å². The topological polar surface area (TPSA) is 115 Å². The molecule has 3 aromatic rings. The molecule has 4 rings (SSSR count). The molecule has 1 aliphatic heterocycles. The standard InChI is InChI=1S/C25H29N7O2/c1-18-13-21(7-8-27-18)29-22-16-28-24(14-20(22)15-26)31-25(33)30-23(19-5-3-2-4-6-19)17-32-9-11-34-12-10-32/h2-8,13-16,23,26H,9-12,17H2,1H3,(H,27,29)(H2,28,30,31,33)/t23-/m1/s1. The zero-order valence-electron chi connectivity index (χ0n) is 19.1. The summed E-state index contributed by atoms with van der Waals surface area (Å²) in [6.45, 7) is 5.67. The van der Waals surface area contributed by atoms with Gasteiger partial charge >= 0.3 is 6.03 Å². The molecule has 2 aromatic heterocycles. The molecular formula is C25H29N7O2. The van der Waals surface area contributed by atoms with Gasteiger partial charge in [0.2, 0.25) is 0 Å². The Balaban J connectivity index is 1.44. The lowest BCUT2D eigenvalue weighted by Crippen LogP contribution is -2.44. The number of urea groups is 1. The number of anilines is 3. The number of hydrogen-bond acceptors (Lipinski definition) is 7. The lowest BCUT2D eigenvalue weighted by Gasteiger charge is -2.31. The molecule has 9 heteroatoms. The molecule has 0 bridgehead atoms. The molecule has 1 saturated heterocycles. The van der Waals surface area contributed by atoms with Gasteiger partial charge in [-0.15, -0.1) is 0 Å². The molecule has 1 aliphatic rings. The number of carbonyl (C=O) groups is 1. The van der Waals surface area contributed by atoms with Gasteiger partial charge in [-0.25, -0.2) is 9.78 Å². The van der Waals surface area contributed by atoms with Crippen LogP contribution in [0.5, 0.6) is 0 Å². The van der Waals surface area contributed by atoms with Crippen LogP contribution in [0.15, 0.2) is 60.9 Å². The van der Waals surface area contributed by atoms with Crippen LogP contribution in [-0.2, 0) is 4.74 Å². The van der Waals surface area contributed by atoms with Crippen LogP contribution < -0.4 is 16.0 Å². The fourth-order valence-electron chi connectivity index (χ4n) is 3.81. The molecule has 0 radical (unpaired) electrons. The van der Waals surface area contributed by atoms with Crippen LogP contribution in [0, 0.1) is 12.3 Å². The minimum atomic E-state index is -0.351. The average Bonchev–Trinajstić information content (AvgIpc) is 2.86. The highest BCUT2D eigenvalue weighted by Gasteiger charge is 2.20. The number of aryl methyl sites for hydroxylation is 1. The van der Waals surface area contributed by atoms with Crippen molar-refractivity contribution in [1.29, 1.82) is 5.41 Å². The summed E-state index contributed by atoms with van der Waals surface area (Å²) in [6, 6.07) is 14.8. The lowest BCUT2D eigenvalue weighted by molar-refractivity contribution is 0.0340. The van der Waals surface area contributed by atoms with Crippen LogP contribution in [0.4, 0.5) is 22.0 Å². The normalized spacial score (nSPS) is 14.7. The number of rotatable bonds is 8. The molecule has 1 aromatic carbocycles. The predicted molar refractivity (Wildman–Crippen MR) is 133 cm³/mol. The zero-order valence-corrected chi connectivity index (χ0v) is 19.1. The van der Waals surface area contributed by atoms with E-state index in [1.807, 2.05) is 49.4 Å². The smallest absolute Gasteiger partial charge is 0.320 e. The SMILES string of the molecule is Cc1cc(Nc2cnc(NC(=O)N[C@H](CN3CCOCC3)c3ccccc3)cc2C=N)ccn1. The van der Waals surface area contributed by atoms with E-state index in [1.54, 1.807) is 18.5 Å². The summed E-state index contributed by atoms with van der Waals surface area (Å²) in [5.74, 6) is 0.366. The third-order valence-corrected chi connectivity index (χ3v) is 5.56.